The summed E-state index contributed by atoms with van der Waals surface area (Å²) in [6, 6.07) is 9.68. The van der Waals surface area contributed by atoms with E-state index in [1.54, 1.807) is 23.9 Å². The second-order valence-electron chi connectivity index (χ2n) is 8.09. The molecule has 1 saturated heterocycles. The van der Waals surface area contributed by atoms with Crippen LogP contribution >= 0.6 is 0 Å². The fraction of sp³-hybridized carbons (Fsp3) is 0.273. The molecule has 4 heterocycles. The van der Waals surface area contributed by atoms with Crippen molar-refractivity contribution in [2.45, 2.75) is 25.5 Å². The fourth-order valence-electron chi connectivity index (χ4n) is 4.15. The first kappa shape index (κ1) is 19.2. The van der Waals surface area contributed by atoms with Gasteiger partial charge < -0.3 is 15.3 Å². The van der Waals surface area contributed by atoms with Crippen molar-refractivity contribution in [2.24, 2.45) is 0 Å². The summed E-state index contributed by atoms with van der Waals surface area (Å²) in [7, 11) is 0. The average molecular weight is 418 g/mol. The first-order valence-electron chi connectivity index (χ1n) is 9.91. The number of fused-ring (bicyclic) bond motifs is 1. The Morgan fingerprint density at radius 2 is 2.16 bits per heavy atom. The lowest BCUT2D eigenvalue weighted by Gasteiger charge is -2.18. The molecule has 8 nitrogen and oxygen atoms in total. The van der Waals surface area contributed by atoms with Crippen molar-refractivity contribution in [1.82, 2.24) is 20.1 Å². The van der Waals surface area contributed by atoms with Gasteiger partial charge in [-0.2, -0.15) is 10.4 Å². The van der Waals surface area contributed by atoms with Gasteiger partial charge in [0.1, 0.15) is 5.82 Å². The number of aliphatic hydroxyl groups is 1. The number of aromatic nitrogens is 3. The van der Waals surface area contributed by atoms with E-state index in [1.807, 2.05) is 17.0 Å². The van der Waals surface area contributed by atoms with Gasteiger partial charge in [0.05, 0.1) is 52.0 Å². The van der Waals surface area contributed by atoms with E-state index in [0.29, 0.717) is 42.3 Å². The molecule has 2 aromatic heterocycles. The zero-order valence-corrected chi connectivity index (χ0v) is 16.8. The molecule has 3 aromatic rings. The highest BCUT2D eigenvalue weighted by Gasteiger charge is 2.33. The van der Waals surface area contributed by atoms with Crippen molar-refractivity contribution >= 4 is 11.7 Å². The van der Waals surface area contributed by atoms with E-state index < -0.39 is 11.4 Å². The number of nitrogens with one attached hydrogen (secondary N) is 1. The van der Waals surface area contributed by atoms with E-state index in [-0.39, 0.29) is 29.3 Å². The van der Waals surface area contributed by atoms with Gasteiger partial charge in [0.25, 0.3) is 5.91 Å². The number of amides is 1. The van der Waals surface area contributed by atoms with Crippen LogP contribution in [0.1, 0.15) is 35.0 Å². The molecular formula is C22H19FN6O2. The lowest BCUT2D eigenvalue weighted by atomic mass is 10.0. The zero-order chi connectivity index (χ0) is 21.8. The van der Waals surface area contributed by atoms with Crippen molar-refractivity contribution in [3.63, 3.8) is 0 Å². The van der Waals surface area contributed by atoms with Crippen LogP contribution in [0, 0.1) is 17.1 Å². The Morgan fingerprint density at radius 3 is 2.90 bits per heavy atom. The average Bonchev–Trinajstić information content (AvgIpc) is 3.46. The Bertz CT molecular complexity index is 1260. The lowest BCUT2D eigenvalue weighted by molar-refractivity contribution is 0.0838. The predicted octanol–water partition coefficient (Wildman–Crippen LogP) is 2.15. The van der Waals surface area contributed by atoms with Crippen molar-refractivity contribution in [3.8, 4) is 23.0 Å². The van der Waals surface area contributed by atoms with E-state index in [1.165, 1.54) is 18.2 Å². The third kappa shape index (κ3) is 3.21. The second-order valence-corrected chi connectivity index (χ2v) is 8.09. The van der Waals surface area contributed by atoms with E-state index in [2.05, 4.69) is 15.4 Å². The topological polar surface area (TPSA) is 107 Å². The van der Waals surface area contributed by atoms with Crippen LogP contribution in [-0.2, 0) is 6.54 Å². The molecule has 1 aromatic carbocycles. The quantitative estimate of drug-likeness (QED) is 0.675. The monoisotopic (exact) mass is 418 g/mol. The molecule has 9 heteroatoms. The van der Waals surface area contributed by atoms with Crippen molar-refractivity contribution in [3.05, 3.63) is 59.2 Å². The van der Waals surface area contributed by atoms with Gasteiger partial charge in [0, 0.05) is 25.4 Å². The second kappa shape index (κ2) is 6.89. The molecule has 0 bridgehead atoms. The van der Waals surface area contributed by atoms with Crippen LogP contribution in [0.25, 0.3) is 16.9 Å². The van der Waals surface area contributed by atoms with E-state index in [4.69, 9.17) is 0 Å². The van der Waals surface area contributed by atoms with Crippen molar-refractivity contribution < 1.29 is 14.3 Å². The number of nitriles is 1. The highest BCUT2D eigenvalue weighted by atomic mass is 19.1. The van der Waals surface area contributed by atoms with Crippen molar-refractivity contribution in [2.75, 3.05) is 18.0 Å². The molecule has 1 amide bonds. The number of hydrogen-bond acceptors (Lipinski definition) is 6. The Morgan fingerprint density at radius 1 is 1.32 bits per heavy atom. The summed E-state index contributed by atoms with van der Waals surface area (Å²) >= 11 is 0. The van der Waals surface area contributed by atoms with Gasteiger partial charge in [-0.3, -0.25) is 4.79 Å². The number of carbonyl (C=O) groups is 1. The highest BCUT2D eigenvalue weighted by molar-refractivity contribution is 6.01. The predicted molar refractivity (Wildman–Crippen MR) is 110 cm³/mol. The summed E-state index contributed by atoms with van der Waals surface area (Å²) in [6.07, 6.45) is 2.36. The van der Waals surface area contributed by atoms with Gasteiger partial charge in [-0.15, -0.1) is 0 Å². The van der Waals surface area contributed by atoms with Crippen LogP contribution < -0.4 is 10.2 Å². The molecule has 2 aliphatic heterocycles. The summed E-state index contributed by atoms with van der Waals surface area (Å²) < 4.78 is 16.2. The van der Waals surface area contributed by atoms with Crippen LogP contribution in [0.15, 0.2) is 36.5 Å². The molecule has 0 aliphatic carbocycles. The fourth-order valence-corrected chi connectivity index (χ4v) is 4.15. The van der Waals surface area contributed by atoms with Gasteiger partial charge in [0.2, 0.25) is 0 Å². The molecule has 0 saturated carbocycles. The largest absolute Gasteiger partial charge is 0.388 e. The van der Waals surface area contributed by atoms with Crippen LogP contribution in [0.5, 0.6) is 0 Å². The number of β-amino-alcohol motifs (C(OH)–C–C–N with tert-alkyl or cyclic N) is 1. The molecule has 2 aliphatic rings. The van der Waals surface area contributed by atoms with Crippen LogP contribution in [0.4, 0.5) is 10.2 Å². The smallest absolute Gasteiger partial charge is 0.255 e. The molecule has 1 fully saturated rings. The Kier molecular flexibility index (Phi) is 4.27. The van der Waals surface area contributed by atoms with E-state index in [9.17, 15) is 19.6 Å². The number of rotatable bonds is 3. The van der Waals surface area contributed by atoms with E-state index in [0.717, 1.165) is 0 Å². The minimum Gasteiger partial charge on any atom is -0.388 e. The lowest BCUT2D eigenvalue weighted by Crippen LogP contribution is -2.29. The summed E-state index contributed by atoms with van der Waals surface area (Å²) in [5.74, 6) is -0.165. The SMILES string of the molecule is C[C@@]1(O)CCN(c2ccn(-c3cc(-c4c(F)cccc4C#N)nc4c3C(=O)NC4)n2)C1. The molecule has 0 radical (unpaired) electrons. The van der Waals surface area contributed by atoms with Crippen LogP contribution in [-0.4, -0.2) is 44.5 Å². The maximum atomic E-state index is 14.6. The minimum atomic E-state index is -0.771. The maximum Gasteiger partial charge on any atom is 0.255 e. The summed E-state index contributed by atoms with van der Waals surface area (Å²) in [4.78, 5) is 18.9. The number of halogens is 1. The standard InChI is InChI=1S/C22H19FN6O2/c1-22(31)6-8-28(12-22)18-5-7-29(27-18)17-9-15(26-16-11-25-21(30)20(16)17)19-13(10-24)3-2-4-14(19)23/h2-5,7,9,31H,6,8,11-12H2,1H3,(H,25,30)/t22-/m1/s1. The molecule has 2 N–H and O–H groups in total. The minimum absolute atomic E-state index is 0.0939. The molecule has 156 valence electrons. The third-order valence-electron chi connectivity index (χ3n) is 5.70. The number of pyridine rings is 1. The summed E-state index contributed by atoms with van der Waals surface area (Å²) in [5, 5.41) is 27.0. The molecule has 31 heavy (non-hydrogen) atoms. The highest BCUT2D eigenvalue weighted by Crippen LogP contribution is 2.32. The van der Waals surface area contributed by atoms with Crippen LogP contribution in [0.2, 0.25) is 0 Å². The van der Waals surface area contributed by atoms with Crippen molar-refractivity contribution in [1.29, 1.82) is 5.26 Å². The normalized spacial score (nSPS) is 19.9. The first-order valence-corrected chi connectivity index (χ1v) is 9.91. The van der Waals surface area contributed by atoms with Gasteiger partial charge in [-0.05, 0) is 31.5 Å². The molecule has 0 spiro atoms. The molecular weight excluding hydrogens is 399 g/mol. The van der Waals surface area contributed by atoms with Gasteiger partial charge >= 0.3 is 0 Å². The van der Waals surface area contributed by atoms with E-state index >= 15 is 0 Å². The van der Waals surface area contributed by atoms with Gasteiger partial charge in [0.15, 0.2) is 5.82 Å². The molecule has 0 unspecified atom stereocenters. The summed E-state index contributed by atoms with van der Waals surface area (Å²) in [5.41, 5.74) is 1.06. The zero-order valence-electron chi connectivity index (χ0n) is 16.8. The van der Waals surface area contributed by atoms with Gasteiger partial charge in [-0.25, -0.2) is 14.1 Å². The molecule has 1 atom stereocenters. The van der Waals surface area contributed by atoms with Crippen LogP contribution in [0.3, 0.4) is 0 Å². The number of nitrogens with zero attached hydrogens (tertiary/aromatic N) is 5. The number of hydrogen-bond donors (Lipinski definition) is 2. The van der Waals surface area contributed by atoms with Gasteiger partial charge in [-0.1, -0.05) is 6.07 Å². The number of carbonyl (C=O) groups excluding carboxylic acids is 1. The Labute approximate surface area is 177 Å². The first-order chi connectivity index (χ1) is 14.9. The Hall–Kier alpha value is -3.77. The summed E-state index contributed by atoms with van der Waals surface area (Å²) in [6.45, 7) is 3.14. The maximum absolute atomic E-state index is 14.6. The molecule has 5 rings (SSSR count). The number of anilines is 1. The number of benzene rings is 1. The Balaban J connectivity index is 1.64. The third-order valence-corrected chi connectivity index (χ3v) is 5.70.